The summed E-state index contributed by atoms with van der Waals surface area (Å²) in [7, 11) is 0. The molecule has 2 aromatic heterocycles. The molecule has 2 atom stereocenters. The summed E-state index contributed by atoms with van der Waals surface area (Å²) in [5.41, 5.74) is 17.4. The lowest BCUT2D eigenvalue weighted by molar-refractivity contribution is 0.489. The van der Waals surface area contributed by atoms with Crippen molar-refractivity contribution in [1.82, 2.24) is 19.3 Å². The van der Waals surface area contributed by atoms with Crippen LogP contribution in [0.2, 0.25) is 0 Å². The van der Waals surface area contributed by atoms with Crippen LogP contribution in [0, 0.1) is 5.82 Å². The lowest BCUT2D eigenvalue weighted by Gasteiger charge is -2.26. The van der Waals surface area contributed by atoms with Gasteiger partial charge in [0.2, 0.25) is 5.95 Å². The third-order valence-electron chi connectivity index (χ3n) is 7.65. The Hall–Kier alpha value is -3.47. The number of nitrogens with two attached hydrogens (primary N) is 2. The Bertz CT molecular complexity index is 1590. The van der Waals surface area contributed by atoms with E-state index in [1.54, 1.807) is 29.1 Å². The van der Waals surface area contributed by atoms with E-state index in [0.717, 1.165) is 30.6 Å². The van der Waals surface area contributed by atoms with Crippen molar-refractivity contribution in [2.24, 2.45) is 11.5 Å². The topological polar surface area (TPSA) is 117 Å². The number of hydrogen-bond donors (Lipinski definition) is 3. The fourth-order valence-corrected chi connectivity index (χ4v) is 6.78. The van der Waals surface area contributed by atoms with Crippen molar-refractivity contribution in [1.29, 1.82) is 0 Å². The first-order valence-corrected chi connectivity index (χ1v) is 14.7. The molecule has 4 heterocycles. The van der Waals surface area contributed by atoms with Gasteiger partial charge in [0, 0.05) is 42.3 Å². The SMILES string of the molecule is CC(N)(CNc1nccc(-c2c(-c3ccc(F)cc3)c(=O)n3n2CCC3)n1)Cc1ccc2c(c1)C(N)CCCS2. The van der Waals surface area contributed by atoms with Gasteiger partial charge in [0.15, 0.2) is 0 Å². The molecule has 2 aromatic carbocycles. The first-order valence-electron chi connectivity index (χ1n) is 13.8. The number of benzene rings is 2. The van der Waals surface area contributed by atoms with Crippen LogP contribution < -0.4 is 22.3 Å². The smallest absolute Gasteiger partial charge is 0.275 e. The molecule has 208 valence electrons. The average molecular weight is 560 g/mol. The Balaban J connectivity index is 1.24. The maximum Gasteiger partial charge on any atom is 0.275 e. The lowest BCUT2D eigenvalue weighted by atomic mass is 9.91. The van der Waals surface area contributed by atoms with E-state index in [1.165, 1.54) is 22.6 Å². The summed E-state index contributed by atoms with van der Waals surface area (Å²) in [6.45, 7) is 3.81. The molecule has 0 fully saturated rings. The molecule has 0 bridgehead atoms. The highest BCUT2D eigenvalue weighted by atomic mass is 32.2. The van der Waals surface area contributed by atoms with Crippen molar-refractivity contribution in [3.63, 3.8) is 0 Å². The lowest BCUT2D eigenvalue weighted by Crippen LogP contribution is -2.45. The number of anilines is 1. The number of thioether (sulfide) groups is 1. The van der Waals surface area contributed by atoms with Gasteiger partial charge in [0.1, 0.15) is 5.82 Å². The van der Waals surface area contributed by atoms with Crippen molar-refractivity contribution in [2.45, 2.75) is 62.2 Å². The van der Waals surface area contributed by atoms with Crippen LogP contribution in [-0.2, 0) is 19.5 Å². The van der Waals surface area contributed by atoms with E-state index < -0.39 is 5.54 Å². The van der Waals surface area contributed by atoms with Gasteiger partial charge in [-0.1, -0.05) is 24.3 Å². The van der Waals surface area contributed by atoms with Crippen molar-refractivity contribution in [2.75, 3.05) is 17.6 Å². The number of aromatic nitrogens is 4. The van der Waals surface area contributed by atoms with Gasteiger partial charge >= 0.3 is 0 Å². The zero-order valence-corrected chi connectivity index (χ0v) is 23.4. The van der Waals surface area contributed by atoms with E-state index in [4.69, 9.17) is 16.5 Å². The molecule has 10 heteroatoms. The molecule has 8 nitrogen and oxygen atoms in total. The first-order chi connectivity index (χ1) is 19.3. The Morgan fingerprint density at radius 2 is 1.93 bits per heavy atom. The van der Waals surface area contributed by atoms with Crippen LogP contribution in [0.1, 0.15) is 43.4 Å². The van der Waals surface area contributed by atoms with Crippen molar-refractivity contribution in [3.05, 3.63) is 82.0 Å². The fourth-order valence-electron chi connectivity index (χ4n) is 5.71. The van der Waals surface area contributed by atoms with Crippen LogP contribution >= 0.6 is 11.8 Å². The summed E-state index contributed by atoms with van der Waals surface area (Å²) < 4.78 is 17.3. The molecule has 4 aromatic rings. The number of rotatable bonds is 7. The minimum Gasteiger partial charge on any atom is -0.352 e. The summed E-state index contributed by atoms with van der Waals surface area (Å²) in [6, 6.07) is 14.4. The van der Waals surface area contributed by atoms with Gasteiger partial charge in [0.25, 0.3) is 5.56 Å². The molecule has 0 spiro atoms. The van der Waals surface area contributed by atoms with E-state index in [2.05, 4.69) is 28.5 Å². The van der Waals surface area contributed by atoms with E-state index >= 15 is 0 Å². The highest BCUT2D eigenvalue weighted by molar-refractivity contribution is 7.99. The quantitative estimate of drug-likeness (QED) is 0.304. The van der Waals surface area contributed by atoms with E-state index in [9.17, 15) is 9.18 Å². The molecule has 0 radical (unpaired) electrons. The summed E-state index contributed by atoms with van der Waals surface area (Å²) in [5, 5.41) is 3.32. The van der Waals surface area contributed by atoms with E-state index in [1.807, 2.05) is 23.4 Å². The highest BCUT2D eigenvalue weighted by Gasteiger charge is 2.27. The third kappa shape index (κ3) is 5.31. The predicted molar refractivity (Wildman–Crippen MR) is 158 cm³/mol. The average Bonchev–Trinajstić information content (AvgIpc) is 3.47. The minimum absolute atomic E-state index is 0.0614. The normalized spacial score (nSPS) is 18.1. The Labute approximate surface area is 237 Å². The van der Waals surface area contributed by atoms with Gasteiger partial charge in [-0.25, -0.2) is 19.0 Å². The molecule has 2 aliphatic rings. The fraction of sp³-hybridized carbons (Fsp3) is 0.367. The number of halogens is 1. The molecule has 0 saturated carbocycles. The molecule has 2 aliphatic heterocycles. The van der Waals surface area contributed by atoms with E-state index in [0.29, 0.717) is 54.5 Å². The van der Waals surface area contributed by atoms with E-state index in [-0.39, 0.29) is 17.4 Å². The van der Waals surface area contributed by atoms with Crippen LogP contribution in [0.25, 0.3) is 22.5 Å². The monoisotopic (exact) mass is 559 g/mol. The molecule has 6 rings (SSSR count). The summed E-state index contributed by atoms with van der Waals surface area (Å²) >= 11 is 1.88. The van der Waals surface area contributed by atoms with Crippen LogP contribution in [0.3, 0.4) is 0 Å². The zero-order valence-electron chi connectivity index (χ0n) is 22.6. The van der Waals surface area contributed by atoms with Crippen LogP contribution in [-0.4, -0.2) is 37.2 Å². The maximum absolute atomic E-state index is 13.6. The molecule has 5 N–H and O–H groups in total. The van der Waals surface area contributed by atoms with Gasteiger partial charge in [-0.05, 0) is 79.3 Å². The maximum atomic E-state index is 13.6. The van der Waals surface area contributed by atoms with Gasteiger partial charge in [0.05, 0.1) is 17.0 Å². The molecular formula is C30H34FN7OS. The second-order valence-electron chi connectivity index (χ2n) is 11.1. The predicted octanol–water partition coefficient (Wildman–Crippen LogP) is 4.57. The third-order valence-corrected chi connectivity index (χ3v) is 8.83. The molecule has 0 saturated heterocycles. The second kappa shape index (κ2) is 10.8. The Morgan fingerprint density at radius 3 is 2.75 bits per heavy atom. The van der Waals surface area contributed by atoms with Gasteiger partial charge in [-0.3, -0.25) is 9.48 Å². The number of hydrogen-bond acceptors (Lipinski definition) is 7. The van der Waals surface area contributed by atoms with Crippen LogP contribution in [0.15, 0.2) is 64.4 Å². The first kappa shape index (κ1) is 26.7. The highest BCUT2D eigenvalue weighted by Crippen LogP contribution is 2.35. The molecule has 0 amide bonds. The minimum atomic E-state index is -0.566. The molecular weight excluding hydrogens is 525 g/mol. The van der Waals surface area contributed by atoms with Gasteiger partial charge in [-0.15, -0.1) is 11.8 Å². The Morgan fingerprint density at radius 1 is 1.12 bits per heavy atom. The zero-order chi connectivity index (χ0) is 27.9. The van der Waals surface area contributed by atoms with Gasteiger partial charge in [-0.2, -0.15) is 0 Å². The number of nitrogens with one attached hydrogen (secondary N) is 1. The van der Waals surface area contributed by atoms with Crippen LogP contribution in [0.5, 0.6) is 0 Å². The van der Waals surface area contributed by atoms with Crippen molar-refractivity contribution < 1.29 is 4.39 Å². The number of nitrogens with zero attached hydrogens (tertiary/aromatic N) is 4. The van der Waals surface area contributed by atoms with Crippen LogP contribution in [0.4, 0.5) is 10.3 Å². The molecule has 2 unspecified atom stereocenters. The molecule has 40 heavy (non-hydrogen) atoms. The second-order valence-corrected chi connectivity index (χ2v) is 12.2. The summed E-state index contributed by atoms with van der Waals surface area (Å²) in [5.74, 6) is 1.19. The standard InChI is InChI=1S/C30H34FN7OS/c1-30(33,17-19-5-10-25-22(16-19)23(32)4-2-15-40-25)18-35-29-34-12-11-24(36-29)27-26(20-6-8-21(31)9-7-20)28(39)38-14-3-13-37(27)38/h5-12,16,23H,2-4,13-15,17-18,32-33H2,1H3,(H,34,35,36). The summed E-state index contributed by atoms with van der Waals surface area (Å²) in [4.78, 5) is 23.8. The Kier molecular flexibility index (Phi) is 7.24. The summed E-state index contributed by atoms with van der Waals surface area (Å²) in [6.07, 6.45) is 5.35. The molecule has 0 aliphatic carbocycles. The van der Waals surface area contributed by atoms with Gasteiger partial charge < -0.3 is 16.8 Å². The van der Waals surface area contributed by atoms with Crippen molar-refractivity contribution in [3.8, 4) is 22.5 Å². The van der Waals surface area contributed by atoms with Crippen molar-refractivity contribution >= 4 is 17.7 Å². The largest absolute Gasteiger partial charge is 0.352 e. The number of fused-ring (bicyclic) bond motifs is 2.